The van der Waals surface area contributed by atoms with Gasteiger partial charge in [0.1, 0.15) is 10.5 Å². The Morgan fingerprint density at radius 1 is 1.47 bits per heavy atom. The molecule has 1 N–H and O–H groups in total. The molecule has 1 saturated carbocycles. The van der Waals surface area contributed by atoms with Crippen molar-refractivity contribution in [3.63, 3.8) is 0 Å². The number of nitrogens with zero attached hydrogens (tertiary/aromatic N) is 1. The summed E-state index contributed by atoms with van der Waals surface area (Å²) in [5.41, 5.74) is 1.18. The van der Waals surface area contributed by atoms with Crippen LogP contribution in [0.25, 0.3) is 0 Å². The van der Waals surface area contributed by atoms with Gasteiger partial charge in [-0.15, -0.1) is 0 Å². The molecular weight excluding hydrogens is 296 g/mol. The molecule has 1 aromatic heterocycles. The molecule has 2 atom stereocenters. The summed E-state index contributed by atoms with van der Waals surface area (Å²) < 4.78 is 1.66. The third-order valence-corrected chi connectivity index (χ3v) is 5.04. The lowest BCUT2D eigenvalue weighted by atomic mass is 9.82. The smallest absolute Gasteiger partial charge is 0.144 e. The Labute approximate surface area is 116 Å². The van der Waals surface area contributed by atoms with Gasteiger partial charge in [0.2, 0.25) is 0 Å². The summed E-state index contributed by atoms with van der Waals surface area (Å²) in [5, 5.41) is 0. The van der Waals surface area contributed by atoms with Gasteiger partial charge in [-0.3, -0.25) is 0 Å². The van der Waals surface area contributed by atoms with E-state index in [0.717, 1.165) is 22.6 Å². The maximum atomic E-state index is 5.32. The number of nitrogens with one attached hydrogen (secondary N) is 1. The quantitative estimate of drug-likeness (QED) is 0.797. The standard InChI is InChI=1S/C13H19BrN2S/c1-3-10-11(14)13(17)16-12(15-10)9-6-4-5-8(2)7-9/h8-9H,3-7H2,1-2H3,(H,15,16,17). The number of aromatic amines is 1. The first kappa shape index (κ1) is 13.2. The second-order valence-electron chi connectivity index (χ2n) is 5.04. The SMILES string of the molecule is CCc1[nH]c(C2CCCC(C)C2)nc(=S)c1Br. The average Bonchev–Trinajstić information content (AvgIpc) is 2.32. The lowest BCUT2D eigenvalue weighted by Gasteiger charge is -2.26. The van der Waals surface area contributed by atoms with Crippen LogP contribution in [-0.4, -0.2) is 9.97 Å². The fraction of sp³-hybridized carbons (Fsp3) is 0.692. The van der Waals surface area contributed by atoms with E-state index in [1.807, 2.05) is 0 Å². The first-order valence-electron chi connectivity index (χ1n) is 6.40. The van der Waals surface area contributed by atoms with Gasteiger partial charge in [-0.25, -0.2) is 4.98 Å². The van der Waals surface area contributed by atoms with E-state index in [-0.39, 0.29) is 0 Å². The van der Waals surface area contributed by atoms with E-state index in [1.54, 1.807) is 0 Å². The highest BCUT2D eigenvalue weighted by Gasteiger charge is 2.22. The van der Waals surface area contributed by atoms with Crippen molar-refractivity contribution in [1.82, 2.24) is 9.97 Å². The van der Waals surface area contributed by atoms with Crippen LogP contribution in [0.4, 0.5) is 0 Å². The number of aromatic nitrogens is 2. The molecule has 1 aliphatic rings. The van der Waals surface area contributed by atoms with Gasteiger partial charge in [-0.1, -0.05) is 38.9 Å². The summed E-state index contributed by atoms with van der Waals surface area (Å²) in [6.45, 7) is 4.47. The van der Waals surface area contributed by atoms with Crippen LogP contribution < -0.4 is 0 Å². The van der Waals surface area contributed by atoms with Crippen molar-refractivity contribution < 1.29 is 0 Å². The number of hydrogen-bond acceptors (Lipinski definition) is 2. The lowest BCUT2D eigenvalue weighted by Crippen LogP contribution is -2.15. The minimum atomic E-state index is 0.568. The van der Waals surface area contributed by atoms with E-state index in [9.17, 15) is 0 Å². The first-order chi connectivity index (χ1) is 8.11. The molecular formula is C13H19BrN2S. The molecule has 0 aromatic carbocycles. The monoisotopic (exact) mass is 314 g/mol. The van der Waals surface area contributed by atoms with Crippen LogP contribution in [0, 0.1) is 10.6 Å². The molecule has 2 rings (SSSR count). The molecule has 1 fully saturated rings. The molecule has 1 heterocycles. The van der Waals surface area contributed by atoms with Gasteiger partial charge in [-0.2, -0.15) is 0 Å². The first-order valence-corrected chi connectivity index (χ1v) is 7.60. The largest absolute Gasteiger partial charge is 0.346 e. The molecule has 0 bridgehead atoms. The molecule has 0 radical (unpaired) electrons. The summed E-state index contributed by atoms with van der Waals surface area (Å²) in [6.07, 6.45) is 6.11. The Morgan fingerprint density at radius 2 is 2.24 bits per heavy atom. The van der Waals surface area contributed by atoms with E-state index in [2.05, 4.69) is 39.7 Å². The van der Waals surface area contributed by atoms with E-state index < -0.39 is 0 Å². The normalized spacial score (nSPS) is 24.9. The van der Waals surface area contributed by atoms with Crippen molar-refractivity contribution in [2.75, 3.05) is 0 Å². The van der Waals surface area contributed by atoms with Crippen LogP contribution in [0.2, 0.25) is 0 Å². The molecule has 0 aliphatic heterocycles. The second kappa shape index (κ2) is 5.61. The third-order valence-electron chi connectivity index (χ3n) is 3.63. The van der Waals surface area contributed by atoms with Gasteiger partial charge < -0.3 is 4.98 Å². The Hall–Kier alpha value is -0.220. The summed E-state index contributed by atoms with van der Waals surface area (Å²) in [4.78, 5) is 8.02. The van der Waals surface area contributed by atoms with Crippen LogP contribution >= 0.6 is 28.1 Å². The number of rotatable bonds is 2. The number of halogens is 1. The van der Waals surface area contributed by atoms with Gasteiger partial charge in [0.25, 0.3) is 0 Å². The Balaban J connectivity index is 2.32. The molecule has 2 unspecified atom stereocenters. The summed E-state index contributed by atoms with van der Waals surface area (Å²) in [5.74, 6) is 2.48. The Bertz CT molecular complexity index is 455. The van der Waals surface area contributed by atoms with Gasteiger partial charge in [0.15, 0.2) is 0 Å². The van der Waals surface area contributed by atoms with Gasteiger partial charge in [0, 0.05) is 11.6 Å². The molecule has 0 amide bonds. The van der Waals surface area contributed by atoms with Crippen molar-refractivity contribution in [2.45, 2.75) is 51.9 Å². The fourth-order valence-corrected chi connectivity index (χ4v) is 3.33. The third kappa shape index (κ3) is 2.97. The van der Waals surface area contributed by atoms with Crippen LogP contribution in [0.15, 0.2) is 4.47 Å². The predicted molar refractivity (Wildman–Crippen MR) is 76.9 cm³/mol. The summed E-state index contributed by atoms with van der Waals surface area (Å²) in [6, 6.07) is 0. The van der Waals surface area contributed by atoms with Crippen molar-refractivity contribution >= 4 is 28.1 Å². The molecule has 17 heavy (non-hydrogen) atoms. The lowest BCUT2D eigenvalue weighted by molar-refractivity contribution is 0.334. The molecule has 94 valence electrons. The minimum absolute atomic E-state index is 0.568. The zero-order valence-corrected chi connectivity index (χ0v) is 12.8. The van der Waals surface area contributed by atoms with Crippen molar-refractivity contribution in [3.8, 4) is 0 Å². The molecule has 1 aromatic rings. The Kier molecular flexibility index (Phi) is 4.36. The molecule has 2 nitrogen and oxygen atoms in total. The number of H-pyrrole nitrogens is 1. The summed E-state index contributed by atoms with van der Waals surface area (Å²) in [7, 11) is 0. The molecule has 1 aliphatic carbocycles. The van der Waals surface area contributed by atoms with Crippen molar-refractivity contribution in [1.29, 1.82) is 0 Å². The van der Waals surface area contributed by atoms with Crippen LogP contribution in [0.5, 0.6) is 0 Å². The van der Waals surface area contributed by atoms with Gasteiger partial charge >= 0.3 is 0 Å². The second-order valence-corrected chi connectivity index (χ2v) is 6.22. The average molecular weight is 315 g/mol. The van der Waals surface area contributed by atoms with E-state index in [0.29, 0.717) is 10.6 Å². The maximum Gasteiger partial charge on any atom is 0.144 e. The van der Waals surface area contributed by atoms with Crippen LogP contribution in [0.1, 0.15) is 57.0 Å². The highest BCUT2D eigenvalue weighted by molar-refractivity contribution is 9.10. The van der Waals surface area contributed by atoms with Crippen molar-refractivity contribution in [3.05, 3.63) is 20.6 Å². The zero-order chi connectivity index (χ0) is 12.4. The summed E-state index contributed by atoms with van der Waals surface area (Å²) >= 11 is 8.83. The van der Waals surface area contributed by atoms with Gasteiger partial charge in [-0.05, 0) is 41.1 Å². The van der Waals surface area contributed by atoms with E-state index in [1.165, 1.54) is 31.4 Å². The number of hydrogen-bond donors (Lipinski definition) is 1. The highest BCUT2D eigenvalue weighted by atomic mass is 79.9. The van der Waals surface area contributed by atoms with Gasteiger partial charge in [0.05, 0.1) is 4.47 Å². The fourth-order valence-electron chi connectivity index (χ4n) is 2.64. The topological polar surface area (TPSA) is 28.7 Å². The molecule has 0 saturated heterocycles. The van der Waals surface area contributed by atoms with E-state index >= 15 is 0 Å². The Morgan fingerprint density at radius 3 is 2.88 bits per heavy atom. The highest BCUT2D eigenvalue weighted by Crippen LogP contribution is 2.34. The maximum absolute atomic E-state index is 5.32. The minimum Gasteiger partial charge on any atom is -0.346 e. The predicted octanol–water partition coefficient (Wildman–Crippen LogP) is 4.76. The van der Waals surface area contributed by atoms with E-state index in [4.69, 9.17) is 12.2 Å². The molecule has 0 spiro atoms. The van der Waals surface area contributed by atoms with Crippen LogP contribution in [-0.2, 0) is 6.42 Å². The number of aryl methyl sites for hydroxylation is 1. The van der Waals surface area contributed by atoms with Crippen LogP contribution in [0.3, 0.4) is 0 Å². The van der Waals surface area contributed by atoms with Crippen molar-refractivity contribution in [2.24, 2.45) is 5.92 Å². The zero-order valence-electron chi connectivity index (χ0n) is 10.4. The molecule has 4 heteroatoms.